The van der Waals surface area contributed by atoms with E-state index in [1.54, 1.807) is 0 Å². The lowest BCUT2D eigenvalue weighted by Crippen LogP contribution is -2.33. The Bertz CT molecular complexity index is 318. The number of para-hydroxylation sites is 1. The summed E-state index contributed by atoms with van der Waals surface area (Å²) in [5.74, 6) is 0.814. The molecule has 13 heavy (non-hydrogen) atoms. The molecule has 0 radical (unpaired) electrons. The van der Waals surface area contributed by atoms with Crippen molar-refractivity contribution in [1.29, 1.82) is 0 Å². The van der Waals surface area contributed by atoms with Gasteiger partial charge in [-0.15, -0.1) is 0 Å². The van der Waals surface area contributed by atoms with Crippen molar-refractivity contribution in [3.63, 3.8) is 0 Å². The largest absolute Gasteiger partial charge is 0.493 e. The van der Waals surface area contributed by atoms with Gasteiger partial charge in [-0.3, -0.25) is 0 Å². The van der Waals surface area contributed by atoms with Gasteiger partial charge in [0, 0.05) is 11.0 Å². The van der Waals surface area contributed by atoms with Crippen LogP contribution in [0.3, 0.4) is 0 Å². The summed E-state index contributed by atoms with van der Waals surface area (Å²) in [7, 11) is 0. The van der Waals surface area contributed by atoms with E-state index < -0.39 is 6.10 Å². The first-order valence-corrected chi connectivity index (χ1v) is 4.51. The lowest BCUT2D eigenvalue weighted by Gasteiger charge is -2.36. The topological polar surface area (TPSA) is 29.5 Å². The third kappa shape index (κ3) is 1.31. The maximum Gasteiger partial charge on any atom is 0.125 e. The van der Waals surface area contributed by atoms with Crippen molar-refractivity contribution >= 4 is 0 Å². The van der Waals surface area contributed by atoms with Gasteiger partial charge in [-0.05, 0) is 6.07 Å². The average molecular weight is 178 g/mol. The van der Waals surface area contributed by atoms with Crippen molar-refractivity contribution in [2.24, 2.45) is 5.41 Å². The molecule has 2 rings (SSSR count). The van der Waals surface area contributed by atoms with Crippen molar-refractivity contribution in [2.45, 2.75) is 20.0 Å². The summed E-state index contributed by atoms with van der Waals surface area (Å²) >= 11 is 0. The zero-order chi connectivity index (χ0) is 9.47. The van der Waals surface area contributed by atoms with Gasteiger partial charge in [0.2, 0.25) is 0 Å². The molecule has 1 aromatic carbocycles. The van der Waals surface area contributed by atoms with Gasteiger partial charge in [-0.1, -0.05) is 32.0 Å². The van der Waals surface area contributed by atoms with Crippen molar-refractivity contribution < 1.29 is 9.84 Å². The fourth-order valence-corrected chi connectivity index (χ4v) is 1.60. The van der Waals surface area contributed by atoms with Crippen LogP contribution in [-0.4, -0.2) is 11.7 Å². The van der Waals surface area contributed by atoms with E-state index in [4.69, 9.17) is 4.74 Å². The van der Waals surface area contributed by atoms with Crippen LogP contribution in [0.1, 0.15) is 25.5 Å². The van der Waals surface area contributed by atoms with Gasteiger partial charge in [-0.25, -0.2) is 0 Å². The van der Waals surface area contributed by atoms with Gasteiger partial charge in [0.1, 0.15) is 5.75 Å². The summed E-state index contributed by atoms with van der Waals surface area (Å²) in [4.78, 5) is 0. The van der Waals surface area contributed by atoms with Gasteiger partial charge >= 0.3 is 0 Å². The molecule has 0 aliphatic carbocycles. The van der Waals surface area contributed by atoms with Gasteiger partial charge in [0.25, 0.3) is 0 Å². The molecule has 1 aliphatic heterocycles. The molecule has 0 saturated heterocycles. The third-order valence-corrected chi connectivity index (χ3v) is 2.55. The van der Waals surface area contributed by atoms with E-state index in [-0.39, 0.29) is 5.41 Å². The molecule has 70 valence electrons. The zero-order valence-electron chi connectivity index (χ0n) is 7.95. The van der Waals surface area contributed by atoms with Crippen molar-refractivity contribution in [2.75, 3.05) is 6.61 Å². The summed E-state index contributed by atoms with van der Waals surface area (Å²) in [6.45, 7) is 4.59. The zero-order valence-corrected chi connectivity index (χ0v) is 7.95. The molecule has 1 atom stereocenters. The van der Waals surface area contributed by atoms with Crippen LogP contribution in [0.15, 0.2) is 24.3 Å². The summed E-state index contributed by atoms with van der Waals surface area (Å²) in [6, 6.07) is 7.66. The summed E-state index contributed by atoms with van der Waals surface area (Å²) < 4.78 is 5.55. The van der Waals surface area contributed by atoms with Crippen LogP contribution in [-0.2, 0) is 0 Å². The third-order valence-electron chi connectivity index (χ3n) is 2.55. The van der Waals surface area contributed by atoms with Crippen molar-refractivity contribution in [3.8, 4) is 5.75 Å². The number of hydrogen-bond acceptors (Lipinski definition) is 2. The number of hydrogen-bond donors (Lipinski definition) is 1. The second-order valence-corrected chi connectivity index (χ2v) is 4.22. The first-order chi connectivity index (χ1) is 6.11. The van der Waals surface area contributed by atoms with E-state index in [9.17, 15) is 5.11 Å². The van der Waals surface area contributed by atoms with Crippen LogP contribution in [0.2, 0.25) is 0 Å². The maximum atomic E-state index is 10.0. The van der Waals surface area contributed by atoms with Crippen molar-refractivity contribution in [3.05, 3.63) is 29.8 Å². The number of rotatable bonds is 0. The Morgan fingerprint density at radius 3 is 2.85 bits per heavy atom. The van der Waals surface area contributed by atoms with E-state index in [0.717, 1.165) is 11.3 Å². The Morgan fingerprint density at radius 2 is 2.08 bits per heavy atom. The standard InChI is InChI=1S/C11H14O2/c1-11(2)7-13-9-6-4-3-5-8(9)10(11)12/h3-6,10,12H,7H2,1-2H3/t10-/m1/s1. The lowest BCUT2D eigenvalue weighted by molar-refractivity contribution is -0.00718. The van der Waals surface area contributed by atoms with Crippen LogP contribution >= 0.6 is 0 Å². The SMILES string of the molecule is CC1(C)COc2ccccc2[C@H]1O. The highest BCUT2D eigenvalue weighted by Gasteiger charge is 2.35. The molecule has 1 N–H and O–H groups in total. The van der Waals surface area contributed by atoms with Crippen LogP contribution in [0.4, 0.5) is 0 Å². The highest BCUT2D eigenvalue weighted by Crippen LogP contribution is 2.42. The molecular formula is C11H14O2. The van der Waals surface area contributed by atoms with Gasteiger partial charge in [-0.2, -0.15) is 0 Å². The van der Waals surface area contributed by atoms with Gasteiger partial charge < -0.3 is 9.84 Å². The monoisotopic (exact) mass is 178 g/mol. The number of ether oxygens (including phenoxy) is 1. The second kappa shape index (κ2) is 2.74. The molecule has 2 heteroatoms. The van der Waals surface area contributed by atoms with Crippen LogP contribution in [0, 0.1) is 5.41 Å². The molecule has 1 aliphatic rings. The average Bonchev–Trinajstić information content (AvgIpc) is 2.13. The number of aliphatic hydroxyl groups is 1. The Labute approximate surface area is 78.2 Å². The molecular weight excluding hydrogens is 164 g/mol. The quantitative estimate of drug-likeness (QED) is 0.659. The van der Waals surface area contributed by atoms with Crippen molar-refractivity contribution in [1.82, 2.24) is 0 Å². The molecule has 0 aromatic heterocycles. The molecule has 0 saturated carbocycles. The summed E-state index contributed by atoms with van der Waals surface area (Å²) in [5, 5.41) is 10.0. The highest BCUT2D eigenvalue weighted by molar-refractivity contribution is 5.37. The Hall–Kier alpha value is -1.02. The maximum absolute atomic E-state index is 10.0. The predicted molar refractivity (Wildman–Crippen MR) is 50.7 cm³/mol. The first kappa shape index (κ1) is 8.57. The lowest BCUT2D eigenvalue weighted by atomic mass is 9.81. The first-order valence-electron chi connectivity index (χ1n) is 4.51. The normalized spacial score (nSPS) is 24.7. The molecule has 0 unspecified atom stereocenters. The molecule has 0 fully saturated rings. The minimum atomic E-state index is -0.419. The highest BCUT2D eigenvalue weighted by atomic mass is 16.5. The van der Waals surface area contributed by atoms with Gasteiger partial charge in [0.05, 0.1) is 12.7 Å². The molecule has 0 bridgehead atoms. The van der Waals surface area contributed by atoms with Crippen LogP contribution in [0.5, 0.6) is 5.75 Å². The van der Waals surface area contributed by atoms with Gasteiger partial charge in [0.15, 0.2) is 0 Å². The van der Waals surface area contributed by atoms with E-state index in [1.807, 2.05) is 38.1 Å². The van der Waals surface area contributed by atoms with E-state index in [1.165, 1.54) is 0 Å². The number of fused-ring (bicyclic) bond motifs is 1. The number of aliphatic hydroxyl groups excluding tert-OH is 1. The molecule has 1 heterocycles. The Balaban J connectivity index is 2.45. The Kier molecular flexibility index (Phi) is 1.81. The smallest absolute Gasteiger partial charge is 0.125 e. The summed E-state index contributed by atoms with van der Waals surface area (Å²) in [6.07, 6.45) is -0.419. The minimum Gasteiger partial charge on any atom is -0.493 e. The molecule has 0 amide bonds. The number of benzene rings is 1. The van der Waals surface area contributed by atoms with Crippen LogP contribution < -0.4 is 4.74 Å². The second-order valence-electron chi connectivity index (χ2n) is 4.22. The minimum absolute atomic E-state index is 0.186. The molecule has 0 spiro atoms. The van der Waals surface area contributed by atoms with E-state index in [0.29, 0.717) is 6.61 Å². The summed E-state index contributed by atoms with van der Waals surface area (Å²) in [5.41, 5.74) is 0.715. The Morgan fingerprint density at radius 1 is 1.38 bits per heavy atom. The predicted octanol–water partition coefficient (Wildman–Crippen LogP) is 2.14. The van der Waals surface area contributed by atoms with E-state index in [2.05, 4.69) is 0 Å². The van der Waals surface area contributed by atoms with E-state index >= 15 is 0 Å². The molecule has 1 aromatic rings. The van der Waals surface area contributed by atoms with Crippen LogP contribution in [0.25, 0.3) is 0 Å². The molecule has 2 nitrogen and oxygen atoms in total. The fraction of sp³-hybridized carbons (Fsp3) is 0.455. The fourth-order valence-electron chi connectivity index (χ4n) is 1.60.